The van der Waals surface area contributed by atoms with Gasteiger partial charge < -0.3 is 14.8 Å². The van der Waals surface area contributed by atoms with E-state index in [0.717, 1.165) is 28.5 Å². The number of ether oxygens (including phenoxy) is 2. The van der Waals surface area contributed by atoms with Crippen LogP contribution in [0.15, 0.2) is 70.6 Å². The van der Waals surface area contributed by atoms with E-state index in [9.17, 15) is 18.4 Å². The van der Waals surface area contributed by atoms with Crippen molar-refractivity contribution in [2.75, 3.05) is 25.3 Å². The van der Waals surface area contributed by atoms with Crippen molar-refractivity contribution in [3.05, 3.63) is 82.7 Å². The molecule has 3 aromatic carbocycles. The number of anilines is 1. The highest BCUT2D eigenvalue weighted by Gasteiger charge is 2.18. The number of aromatic nitrogens is 2. The number of para-hydroxylation sites is 1. The van der Waals surface area contributed by atoms with Gasteiger partial charge in [0.05, 0.1) is 42.3 Å². The van der Waals surface area contributed by atoms with Gasteiger partial charge in [-0.25, -0.2) is 13.8 Å². The molecule has 0 unspecified atom stereocenters. The lowest BCUT2D eigenvalue weighted by atomic mass is 10.2. The molecule has 1 N–H and O–H groups in total. The molecule has 4 rings (SSSR count). The highest BCUT2D eigenvalue weighted by Crippen LogP contribution is 2.29. The SMILES string of the molecule is COc1ccc(NC(=O)CSc2nc3ccccc3c(=O)n2-c2ccc(F)cc2F)c(OC)c1. The van der Waals surface area contributed by atoms with Gasteiger partial charge in [-0.2, -0.15) is 0 Å². The molecular formula is C24H19F2N3O4S. The fourth-order valence-corrected chi connectivity index (χ4v) is 4.11. The summed E-state index contributed by atoms with van der Waals surface area (Å²) in [5.74, 6) is -1.26. The number of halogens is 2. The fraction of sp³-hybridized carbons (Fsp3) is 0.125. The molecule has 0 saturated carbocycles. The molecule has 0 aliphatic rings. The standard InChI is InChI=1S/C24H19F2N3O4S/c1-32-15-8-9-19(21(12-15)33-2)27-22(30)13-34-24-28-18-6-4-3-5-16(18)23(31)29(24)20-10-7-14(25)11-17(20)26/h3-12H,13H2,1-2H3,(H,27,30). The molecular weight excluding hydrogens is 464 g/mol. The van der Waals surface area contributed by atoms with Crippen LogP contribution in [0, 0.1) is 11.6 Å². The number of hydrogen-bond donors (Lipinski definition) is 1. The minimum Gasteiger partial charge on any atom is -0.497 e. The number of carbonyl (C=O) groups is 1. The Kier molecular flexibility index (Phi) is 6.78. The molecule has 0 radical (unpaired) electrons. The van der Waals surface area contributed by atoms with Crippen molar-refractivity contribution >= 4 is 34.3 Å². The Hall–Kier alpha value is -3.92. The first-order chi connectivity index (χ1) is 16.4. The van der Waals surface area contributed by atoms with E-state index < -0.39 is 23.1 Å². The third-order valence-electron chi connectivity index (χ3n) is 4.91. The normalized spacial score (nSPS) is 10.8. The molecule has 4 aromatic rings. The number of benzene rings is 3. The van der Waals surface area contributed by atoms with Crippen LogP contribution in [0.25, 0.3) is 16.6 Å². The van der Waals surface area contributed by atoms with Crippen molar-refractivity contribution in [3.8, 4) is 17.2 Å². The van der Waals surface area contributed by atoms with E-state index in [0.29, 0.717) is 28.8 Å². The number of methoxy groups -OCH3 is 2. The largest absolute Gasteiger partial charge is 0.497 e. The molecule has 7 nitrogen and oxygen atoms in total. The Morgan fingerprint density at radius 3 is 2.59 bits per heavy atom. The van der Waals surface area contributed by atoms with Gasteiger partial charge in [-0.3, -0.25) is 14.2 Å². The van der Waals surface area contributed by atoms with Crippen molar-refractivity contribution < 1.29 is 23.0 Å². The lowest BCUT2D eigenvalue weighted by Gasteiger charge is -2.14. The first-order valence-corrected chi connectivity index (χ1v) is 11.0. The number of nitrogens with zero attached hydrogens (tertiary/aromatic N) is 2. The number of fused-ring (bicyclic) bond motifs is 1. The molecule has 34 heavy (non-hydrogen) atoms. The van der Waals surface area contributed by atoms with Gasteiger partial charge in [0.15, 0.2) is 5.16 Å². The van der Waals surface area contributed by atoms with Gasteiger partial charge in [-0.1, -0.05) is 23.9 Å². The van der Waals surface area contributed by atoms with Gasteiger partial charge in [-0.05, 0) is 36.4 Å². The number of thioether (sulfide) groups is 1. The van der Waals surface area contributed by atoms with Crippen molar-refractivity contribution in [1.82, 2.24) is 9.55 Å². The van der Waals surface area contributed by atoms with E-state index in [1.165, 1.54) is 14.2 Å². The molecule has 0 saturated heterocycles. The molecule has 1 heterocycles. The van der Waals surface area contributed by atoms with Gasteiger partial charge in [0.2, 0.25) is 5.91 Å². The Balaban J connectivity index is 1.66. The Bertz CT molecular complexity index is 1440. The van der Waals surface area contributed by atoms with Crippen LogP contribution in [0.5, 0.6) is 11.5 Å². The summed E-state index contributed by atoms with van der Waals surface area (Å²) >= 11 is 0.946. The van der Waals surface area contributed by atoms with Crippen LogP contribution in [0.4, 0.5) is 14.5 Å². The summed E-state index contributed by atoms with van der Waals surface area (Å²) in [5.41, 5.74) is 0.133. The van der Waals surface area contributed by atoms with E-state index in [1.54, 1.807) is 42.5 Å². The number of rotatable bonds is 7. The Labute approximate surface area is 197 Å². The van der Waals surface area contributed by atoms with E-state index in [2.05, 4.69) is 10.3 Å². The monoisotopic (exact) mass is 483 g/mol. The van der Waals surface area contributed by atoms with Gasteiger partial charge in [-0.15, -0.1) is 0 Å². The predicted octanol–water partition coefficient (Wildman–Crippen LogP) is 4.41. The van der Waals surface area contributed by atoms with Crippen LogP contribution in [-0.2, 0) is 4.79 Å². The molecule has 0 fully saturated rings. The van der Waals surface area contributed by atoms with E-state index >= 15 is 0 Å². The molecule has 1 amide bonds. The molecule has 0 aliphatic heterocycles. The second kappa shape index (κ2) is 9.92. The zero-order valence-electron chi connectivity index (χ0n) is 18.2. The summed E-state index contributed by atoms with van der Waals surface area (Å²) in [4.78, 5) is 30.3. The summed E-state index contributed by atoms with van der Waals surface area (Å²) in [5, 5.41) is 3.09. The zero-order valence-corrected chi connectivity index (χ0v) is 19.0. The molecule has 174 valence electrons. The molecule has 0 bridgehead atoms. The summed E-state index contributed by atoms with van der Waals surface area (Å²) in [7, 11) is 2.98. The van der Waals surface area contributed by atoms with Gasteiger partial charge in [0.1, 0.15) is 23.1 Å². The van der Waals surface area contributed by atoms with Crippen LogP contribution < -0.4 is 20.3 Å². The number of carbonyl (C=O) groups excluding carboxylic acids is 1. The quantitative estimate of drug-likeness (QED) is 0.310. The molecule has 10 heteroatoms. The van der Waals surface area contributed by atoms with E-state index in [1.807, 2.05) is 0 Å². The third kappa shape index (κ3) is 4.72. The average molecular weight is 483 g/mol. The van der Waals surface area contributed by atoms with Gasteiger partial charge in [0, 0.05) is 12.1 Å². The van der Waals surface area contributed by atoms with Crippen LogP contribution in [0.3, 0.4) is 0 Å². The topological polar surface area (TPSA) is 82.5 Å². The van der Waals surface area contributed by atoms with Crippen molar-refractivity contribution in [1.29, 1.82) is 0 Å². The minimum absolute atomic E-state index is 0.0889. The van der Waals surface area contributed by atoms with Crippen molar-refractivity contribution in [2.45, 2.75) is 5.16 Å². The van der Waals surface area contributed by atoms with Crippen LogP contribution in [0.1, 0.15) is 0 Å². The summed E-state index contributed by atoms with van der Waals surface area (Å²) in [6.07, 6.45) is 0. The lowest BCUT2D eigenvalue weighted by molar-refractivity contribution is -0.113. The smallest absolute Gasteiger partial charge is 0.266 e. The Morgan fingerprint density at radius 1 is 1.06 bits per heavy atom. The molecule has 1 aromatic heterocycles. The van der Waals surface area contributed by atoms with Crippen molar-refractivity contribution in [2.24, 2.45) is 0 Å². The minimum atomic E-state index is -0.923. The van der Waals surface area contributed by atoms with Crippen LogP contribution in [-0.4, -0.2) is 35.4 Å². The summed E-state index contributed by atoms with van der Waals surface area (Å²) in [6, 6.07) is 14.4. The van der Waals surface area contributed by atoms with Crippen molar-refractivity contribution in [3.63, 3.8) is 0 Å². The first-order valence-electron chi connectivity index (χ1n) is 10.0. The molecule has 0 spiro atoms. The predicted molar refractivity (Wildman–Crippen MR) is 126 cm³/mol. The first kappa shape index (κ1) is 23.2. The highest BCUT2D eigenvalue weighted by molar-refractivity contribution is 7.99. The Morgan fingerprint density at radius 2 is 1.85 bits per heavy atom. The maximum atomic E-state index is 14.6. The van der Waals surface area contributed by atoms with E-state index in [-0.39, 0.29) is 22.0 Å². The molecule has 0 atom stereocenters. The number of nitrogens with one attached hydrogen (secondary N) is 1. The average Bonchev–Trinajstić information content (AvgIpc) is 2.84. The number of amides is 1. The third-order valence-corrected chi connectivity index (χ3v) is 5.85. The van der Waals surface area contributed by atoms with E-state index in [4.69, 9.17) is 9.47 Å². The summed E-state index contributed by atoms with van der Waals surface area (Å²) in [6.45, 7) is 0. The zero-order chi connectivity index (χ0) is 24.2. The number of hydrogen-bond acceptors (Lipinski definition) is 6. The maximum Gasteiger partial charge on any atom is 0.266 e. The second-order valence-corrected chi connectivity index (χ2v) is 7.99. The van der Waals surface area contributed by atoms with Crippen LogP contribution >= 0.6 is 11.8 Å². The lowest BCUT2D eigenvalue weighted by Crippen LogP contribution is -2.23. The maximum absolute atomic E-state index is 14.6. The summed E-state index contributed by atoms with van der Waals surface area (Å²) < 4.78 is 39.5. The van der Waals surface area contributed by atoms with Gasteiger partial charge >= 0.3 is 0 Å². The van der Waals surface area contributed by atoms with Gasteiger partial charge in [0.25, 0.3) is 5.56 Å². The fourth-order valence-electron chi connectivity index (χ4n) is 3.30. The highest BCUT2D eigenvalue weighted by atomic mass is 32.2. The van der Waals surface area contributed by atoms with Crippen LogP contribution in [0.2, 0.25) is 0 Å². The molecule has 0 aliphatic carbocycles. The second-order valence-electron chi connectivity index (χ2n) is 7.05.